The van der Waals surface area contributed by atoms with Crippen molar-refractivity contribution in [3.8, 4) is 5.75 Å². The molecule has 2 rings (SSSR count). The van der Waals surface area contributed by atoms with Crippen LogP contribution in [-0.2, 0) is 11.3 Å². The fourth-order valence-electron chi connectivity index (χ4n) is 2.01. The highest BCUT2D eigenvalue weighted by Crippen LogP contribution is 2.15. The number of hydrogen-bond acceptors (Lipinski definition) is 4. The Morgan fingerprint density at radius 3 is 2.61 bits per heavy atom. The first-order valence-corrected chi connectivity index (χ1v) is 8.58. The summed E-state index contributed by atoms with van der Waals surface area (Å²) in [7, 11) is 1.64. The molecule has 1 amide bonds. The predicted molar refractivity (Wildman–Crippen MR) is 93.2 cm³/mol. The second-order valence-electron chi connectivity index (χ2n) is 4.90. The Bertz CT molecular complexity index is 628. The van der Waals surface area contributed by atoms with E-state index >= 15 is 0 Å². The summed E-state index contributed by atoms with van der Waals surface area (Å²) >= 11 is 1.65. The van der Waals surface area contributed by atoms with Gasteiger partial charge < -0.3 is 14.8 Å². The van der Waals surface area contributed by atoms with Gasteiger partial charge in [-0.3, -0.25) is 4.79 Å². The van der Waals surface area contributed by atoms with Gasteiger partial charge >= 0.3 is 0 Å². The van der Waals surface area contributed by atoms with Crippen molar-refractivity contribution in [1.82, 2.24) is 5.32 Å². The summed E-state index contributed by atoms with van der Waals surface area (Å²) < 4.78 is 10.5. The third kappa shape index (κ3) is 5.62. The quantitative estimate of drug-likeness (QED) is 0.595. The van der Waals surface area contributed by atoms with Crippen molar-refractivity contribution in [3.05, 3.63) is 59.7 Å². The molecule has 0 aliphatic carbocycles. The normalized spacial score (nSPS) is 10.3. The van der Waals surface area contributed by atoms with Crippen LogP contribution in [0.15, 0.2) is 53.4 Å². The van der Waals surface area contributed by atoms with Crippen molar-refractivity contribution >= 4 is 17.7 Å². The zero-order chi connectivity index (χ0) is 16.5. The monoisotopic (exact) mass is 331 g/mol. The first-order chi connectivity index (χ1) is 11.2. The highest BCUT2D eigenvalue weighted by Gasteiger charge is 2.05. The lowest BCUT2D eigenvalue weighted by Gasteiger charge is -2.09. The molecule has 0 aliphatic rings. The molecule has 0 saturated heterocycles. The summed E-state index contributed by atoms with van der Waals surface area (Å²) in [6, 6.07) is 15.3. The Morgan fingerprint density at radius 2 is 1.91 bits per heavy atom. The van der Waals surface area contributed by atoms with Gasteiger partial charge in [0.15, 0.2) is 0 Å². The number of ether oxygens (including phenoxy) is 2. The Kier molecular flexibility index (Phi) is 6.97. The van der Waals surface area contributed by atoms with Crippen molar-refractivity contribution in [2.75, 3.05) is 26.6 Å². The summed E-state index contributed by atoms with van der Waals surface area (Å²) in [4.78, 5) is 13.3. The van der Waals surface area contributed by atoms with Gasteiger partial charge in [0.25, 0.3) is 5.91 Å². The van der Waals surface area contributed by atoms with E-state index in [2.05, 4.69) is 5.32 Å². The SMILES string of the molecule is COCCOc1cccc(CNC(=O)c2ccc(SC)cc2)c1. The van der Waals surface area contributed by atoms with E-state index in [1.165, 1.54) is 0 Å². The van der Waals surface area contributed by atoms with Crippen molar-refractivity contribution in [1.29, 1.82) is 0 Å². The van der Waals surface area contributed by atoms with Crippen LogP contribution in [0.3, 0.4) is 0 Å². The van der Waals surface area contributed by atoms with E-state index < -0.39 is 0 Å². The van der Waals surface area contributed by atoms with Gasteiger partial charge in [-0.2, -0.15) is 0 Å². The molecule has 2 aromatic carbocycles. The van der Waals surface area contributed by atoms with E-state index in [4.69, 9.17) is 9.47 Å². The van der Waals surface area contributed by atoms with Crippen LogP contribution >= 0.6 is 11.8 Å². The lowest BCUT2D eigenvalue weighted by atomic mass is 10.2. The molecule has 0 bridgehead atoms. The molecule has 0 fully saturated rings. The van der Waals surface area contributed by atoms with Gasteiger partial charge in [-0.25, -0.2) is 0 Å². The fraction of sp³-hybridized carbons (Fsp3) is 0.278. The van der Waals surface area contributed by atoms with Crippen LogP contribution in [0, 0.1) is 0 Å². The van der Waals surface area contributed by atoms with Crippen LogP contribution in [-0.4, -0.2) is 32.5 Å². The highest BCUT2D eigenvalue weighted by molar-refractivity contribution is 7.98. The van der Waals surface area contributed by atoms with Crippen molar-refractivity contribution in [2.45, 2.75) is 11.4 Å². The summed E-state index contributed by atoms with van der Waals surface area (Å²) in [6.07, 6.45) is 2.01. The molecule has 0 radical (unpaired) electrons. The van der Waals surface area contributed by atoms with E-state index in [-0.39, 0.29) is 5.91 Å². The van der Waals surface area contributed by atoms with Crippen LogP contribution in [0.1, 0.15) is 15.9 Å². The van der Waals surface area contributed by atoms with E-state index in [0.29, 0.717) is 25.3 Å². The average Bonchev–Trinajstić information content (AvgIpc) is 2.60. The van der Waals surface area contributed by atoms with Gasteiger partial charge in [0.1, 0.15) is 12.4 Å². The maximum Gasteiger partial charge on any atom is 0.251 e. The summed E-state index contributed by atoms with van der Waals surface area (Å²) in [5, 5.41) is 2.92. The van der Waals surface area contributed by atoms with E-state index in [0.717, 1.165) is 16.2 Å². The molecule has 0 saturated carbocycles. The maximum atomic E-state index is 12.1. The standard InChI is InChI=1S/C18H21NO3S/c1-21-10-11-22-16-5-3-4-14(12-16)13-19-18(20)15-6-8-17(23-2)9-7-15/h3-9,12H,10-11,13H2,1-2H3,(H,19,20). The minimum absolute atomic E-state index is 0.0802. The molecule has 0 heterocycles. The maximum absolute atomic E-state index is 12.1. The predicted octanol–water partition coefficient (Wildman–Crippen LogP) is 3.36. The average molecular weight is 331 g/mol. The van der Waals surface area contributed by atoms with Crippen molar-refractivity contribution in [2.24, 2.45) is 0 Å². The fourth-order valence-corrected chi connectivity index (χ4v) is 2.42. The van der Waals surface area contributed by atoms with Gasteiger partial charge in [0, 0.05) is 24.1 Å². The van der Waals surface area contributed by atoms with Gasteiger partial charge in [0.05, 0.1) is 6.61 Å². The smallest absolute Gasteiger partial charge is 0.251 e. The van der Waals surface area contributed by atoms with Crippen molar-refractivity contribution < 1.29 is 14.3 Å². The number of nitrogens with one attached hydrogen (secondary N) is 1. The van der Waals surface area contributed by atoms with E-state index in [1.54, 1.807) is 18.9 Å². The molecule has 5 heteroatoms. The molecular weight excluding hydrogens is 310 g/mol. The van der Waals surface area contributed by atoms with Crippen molar-refractivity contribution in [3.63, 3.8) is 0 Å². The Morgan fingerprint density at radius 1 is 1.13 bits per heavy atom. The molecule has 23 heavy (non-hydrogen) atoms. The molecule has 4 nitrogen and oxygen atoms in total. The number of benzene rings is 2. The number of rotatable bonds is 8. The van der Waals surface area contributed by atoms with Gasteiger partial charge in [-0.05, 0) is 48.2 Å². The lowest BCUT2D eigenvalue weighted by molar-refractivity contribution is 0.0950. The van der Waals surface area contributed by atoms with Crippen LogP contribution in [0.25, 0.3) is 0 Å². The number of methoxy groups -OCH3 is 1. The molecule has 2 aromatic rings. The van der Waals surface area contributed by atoms with E-state index in [9.17, 15) is 4.79 Å². The van der Waals surface area contributed by atoms with Crippen LogP contribution in [0.5, 0.6) is 5.75 Å². The zero-order valence-corrected chi connectivity index (χ0v) is 14.2. The molecular formula is C18H21NO3S. The second-order valence-corrected chi connectivity index (χ2v) is 5.78. The third-order valence-electron chi connectivity index (χ3n) is 3.26. The Balaban J connectivity index is 1.89. The lowest BCUT2D eigenvalue weighted by Crippen LogP contribution is -2.22. The molecule has 0 unspecified atom stereocenters. The Labute approximate surface area is 141 Å². The first kappa shape index (κ1) is 17.4. The minimum Gasteiger partial charge on any atom is -0.491 e. The number of amides is 1. The number of carbonyl (C=O) groups is 1. The molecule has 122 valence electrons. The van der Waals surface area contributed by atoms with Crippen LogP contribution in [0.4, 0.5) is 0 Å². The number of hydrogen-bond donors (Lipinski definition) is 1. The third-order valence-corrected chi connectivity index (χ3v) is 4.00. The van der Waals surface area contributed by atoms with Gasteiger partial charge in [0.2, 0.25) is 0 Å². The summed E-state index contributed by atoms with van der Waals surface area (Å²) in [6.45, 7) is 1.52. The first-order valence-electron chi connectivity index (χ1n) is 7.36. The minimum atomic E-state index is -0.0802. The molecule has 0 spiro atoms. The topological polar surface area (TPSA) is 47.6 Å². The molecule has 0 aromatic heterocycles. The summed E-state index contributed by atoms with van der Waals surface area (Å²) in [5.74, 6) is 0.696. The number of carbonyl (C=O) groups excluding carboxylic acids is 1. The molecule has 0 aliphatic heterocycles. The largest absolute Gasteiger partial charge is 0.491 e. The highest BCUT2D eigenvalue weighted by atomic mass is 32.2. The summed E-state index contributed by atoms with van der Waals surface area (Å²) in [5.41, 5.74) is 1.66. The zero-order valence-electron chi connectivity index (χ0n) is 13.4. The molecule has 0 atom stereocenters. The molecule has 1 N–H and O–H groups in total. The van der Waals surface area contributed by atoms with Crippen LogP contribution < -0.4 is 10.1 Å². The van der Waals surface area contributed by atoms with Crippen LogP contribution in [0.2, 0.25) is 0 Å². The second kappa shape index (κ2) is 9.22. The number of thioether (sulfide) groups is 1. The van der Waals surface area contributed by atoms with Gasteiger partial charge in [-0.15, -0.1) is 11.8 Å². The Hall–Kier alpha value is -1.98. The van der Waals surface area contributed by atoms with Gasteiger partial charge in [-0.1, -0.05) is 12.1 Å². The van der Waals surface area contributed by atoms with E-state index in [1.807, 2.05) is 54.8 Å².